The molecule has 0 bridgehead atoms. The van der Waals surface area contributed by atoms with E-state index in [1.807, 2.05) is 6.92 Å². The van der Waals surface area contributed by atoms with E-state index in [1.165, 1.54) is 43.1 Å². The van der Waals surface area contributed by atoms with Gasteiger partial charge in [0.1, 0.15) is 29.8 Å². The van der Waals surface area contributed by atoms with Crippen molar-refractivity contribution in [2.45, 2.75) is 18.6 Å². The number of aromatic nitrogens is 4. The molecule has 0 saturated carbocycles. The molecule has 2 heterocycles. The van der Waals surface area contributed by atoms with Gasteiger partial charge in [0.2, 0.25) is 5.91 Å². The second-order valence-electron chi connectivity index (χ2n) is 5.61. The van der Waals surface area contributed by atoms with Gasteiger partial charge in [0, 0.05) is 12.3 Å². The largest absolute Gasteiger partial charge is 0.497 e. The lowest BCUT2D eigenvalue weighted by Crippen LogP contribution is -2.28. The summed E-state index contributed by atoms with van der Waals surface area (Å²) in [6, 6.07) is 5.04. The van der Waals surface area contributed by atoms with Crippen LogP contribution in [0, 0.1) is 0 Å². The van der Waals surface area contributed by atoms with Gasteiger partial charge in [0.15, 0.2) is 10.8 Å². The summed E-state index contributed by atoms with van der Waals surface area (Å²) in [6.07, 6.45) is 2.75. The first-order valence-corrected chi connectivity index (χ1v) is 9.41. The number of ether oxygens (including phenoxy) is 2. The SMILES string of the molecule is CCSc1ncc2c(=O)n(CC(=O)Nc3cc(OC)ccc3OC)cnc2n1. The Bertz CT molecular complexity index is 1070. The minimum absolute atomic E-state index is 0.215. The summed E-state index contributed by atoms with van der Waals surface area (Å²) in [5, 5.41) is 3.54. The number of methoxy groups -OCH3 is 2. The van der Waals surface area contributed by atoms with E-state index in [0.717, 1.165) is 5.75 Å². The topological polar surface area (TPSA) is 108 Å². The average Bonchev–Trinajstić information content (AvgIpc) is 2.70. The number of hydrogen-bond acceptors (Lipinski definition) is 8. The van der Waals surface area contributed by atoms with Gasteiger partial charge in [0.05, 0.1) is 19.9 Å². The third-order valence-electron chi connectivity index (χ3n) is 3.83. The predicted octanol–water partition coefficient (Wildman–Crippen LogP) is 1.95. The van der Waals surface area contributed by atoms with E-state index >= 15 is 0 Å². The molecule has 0 spiro atoms. The van der Waals surface area contributed by atoms with Crippen LogP contribution in [0.25, 0.3) is 11.0 Å². The molecule has 0 aliphatic rings. The summed E-state index contributed by atoms with van der Waals surface area (Å²) in [5.41, 5.74) is 0.367. The molecule has 0 aliphatic heterocycles. The number of benzene rings is 1. The number of fused-ring (bicyclic) bond motifs is 1. The van der Waals surface area contributed by atoms with E-state index in [1.54, 1.807) is 18.2 Å². The smallest absolute Gasteiger partial charge is 0.264 e. The quantitative estimate of drug-likeness (QED) is 0.473. The summed E-state index contributed by atoms with van der Waals surface area (Å²) in [7, 11) is 3.03. The van der Waals surface area contributed by atoms with Crippen LogP contribution in [0.3, 0.4) is 0 Å². The summed E-state index contributed by atoms with van der Waals surface area (Å²) >= 11 is 1.46. The molecule has 1 N–H and O–H groups in total. The Morgan fingerprint density at radius 1 is 1.25 bits per heavy atom. The Morgan fingerprint density at radius 3 is 2.79 bits per heavy atom. The number of carbonyl (C=O) groups is 1. The predicted molar refractivity (Wildman–Crippen MR) is 106 cm³/mol. The van der Waals surface area contributed by atoms with E-state index in [2.05, 4.69) is 20.3 Å². The number of amides is 1. The fourth-order valence-electron chi connectivity index (χ4n) is 2.51. The number of carbonyl (C=O) groups excluding carboxylic acids is 1. The summed E-state index contributed by atoms with van der Waals surface area (Å²) < 4.78 is 11.6. The van der Waals surface area contributed by atoms with Crippen molar-refractivity contribution in [3.05, 3.63) is 41.1 Å². The minimum Gasteiger partial charge on any atom is -0.497 e. The molecule has 10 heteroatoms. The molecule has 0 aliphatic carbocycles. The summed E-state index contributed by atoms with van der Waals surface area (Å²) in [6.45, 7) is 1.77. The second kappa shape index (κ2) is 8.70. The highest BCUT2D eigenvalue weighted by Crippen LogP contribution is 2.28. The van der Waals surface area contributed by atoms with Crippen molar-refractivity contribution >= 4 is 34.4 Å². The van der Waals surface area contributed by atoms with Crippen LogP contribution in [0.4, 0.5) is 5.69 Å². The van der Waals surface area contributed by atoms with E-state index in [0.29, 0.717) is 28.0 Å². The Labute approximate surface area is 165 Å². The third-order valence-corrected chi connectivity index (χ3v) is 4.57. The zero-order chi connectivity index (χ0) is 20.1. The number of anilines is 1. The third kappa shape index (κ3) is 4.22. The van der Waals surface area contributed by atoms with Crippen LogP contribution < -0.4 is 20.3 Å². The number of rotatable bonds is 7. The first kappa shape index (κ1) is 19.6. The van der Waals surface area contributed by atoms with Crippen LogP contribution in [0.1, 0.15) is 6.92 Å². The maximum absolute atomic E-state index is 12.6. The van der Waals surface area contributed by atoms with Crippen molar-refractivity contribution in [2.75, 3.05) is 25.3 Å². The Balaban J connectivity index is 1.82. The standard InChI is InChI=1S/C18H19N5O4S/c1-4-28-18-19-8-12-16(22-18)20-10-23(17(12)25)9-15(24)21-13-7-11(26-2)5-6-14(13)27-3/h5-8,10H,4,9H2,1-3H3,(H,21,24). The van der Waals surface area contributed by atoms with Crippen molar-refractivity contribution in [3.8, 4) is 11.5 Å². The maximum Gasteiger partial charge on any atom is 0.264 e. The van der Waals surface area contributed by atoms with Crippen LogP contribution >= 0.6 is 11.8 Å². The molecule has 0 atom stereocenters. The molecule has 0 saturated heterocycles. The molecule has 9 nitrogen and oxygen atoms in total. The van der Waals surface area contributed by atoms with Gasteiger partial charge < -0.3 is 14.8 Å². The average molecular weight is 401 g/mol. The van der Waals surface area contributed by atoms with Crippen molar-refractivity contribution < 1.29 is 14.3 Å². The highest BCUT2D eigenvalue weighted by molar-refractivity contribution is 7.99. The molecule has 0 radical (unpaired) electrons. The van der Waals surface area contributed by atoms with Gasteiger partial charge in [0.25, 0.3) is 5.56 Å². The maximum atomic E-state index is 12.6. The zero-order valence-electron chi connectivity index (χ0n) is 15.6. The van der Waals surface area contributed by atoms with Gasteiger partial charge in [-0.15, -0.1) is 0 Å². The van der Waals surface area contributed by atoms with Crippen molar-refractivity contribution in [1.29, 1.82) is 0 Å². The Hall–Kier alpha value is -3.14. The lowest BCUT2D eigenvalue weighted by atomic mass is 10.2. The molecule has 1 aromatic carbocycles. The van der Waals surface area contributed by atoms with Crippen LogP contribution in [0.15, 0.2) is 40.7 Å². The number of nitrogens with zero attached hydrogens (tertiary/aromatic N) is 4. The van der Waals surface area contributed by atoms with E-state index in [4.69, 9.17) is 9.47 Å². The molecule has 28 heavy (non-hydrogen) atoms. The van der Waals surface area contributed by atoms with Crippen LogP contribution in [-0.2, 0) is 11.3 Å². The van der Waals surface area contributed by atoms with E-state index < -0.39 is 5.91 Å². The number of hydrogen-bond donors (Lipinski definition) is 1. The van der Waals surface area contributed by atoms with Crippen molar-refractivity contribution in [3.63, 3.8) is 0 Å². The van der Waals surface area contributed by atoms with Crippen LogP contribution in [0.5, 0.6) is 11.5 Å². The molecule has 0 fully saturated rings. The van der Waals surface area contributed by atoms with Gasteiger partial charge in [-0.2, -0.15) is 0 Å². The second-order valence-corrected chi connectivity index (χ2v) is 6.85. The van der Waals surface area contributed by atoms with E-state index in [-0.39, 0.29) is 17.5 Å². The Morgan fingerprint density at radius 2 is 2.07 bits per heavy atom. The van der Waals surface area contributed by atoms with Crippen LogP contribution in [-0.4, -0.2) is 45.4 Å². The molecular formula is C18H19N5O4S. The van der Waals surface area contributed by atoms with Crippen LogP contribution in [0.2, 0.25) is 0 Å². The van der Waals surface area contributed by atoms with E-state index in [9.17, 15) is 9.59 Å². The summed E-state index contributed by atoms with van der Waals surface area (Å²) in [5.74, 6) is 1.45. The molecule has 1 amide bonds. The number of thioether (sulfide) groups is 1. The van der Waals surface area contributed by atoms with Gasteiger partial charge in [-0.3, -0.25) is 14.2 Å². The molecule has 2 aromatic heterocycles. The molecule has 3 aromatic rings. The monoisotopic (exact) mass is 401 g/mol. The van der Waals surface area contributed by atoms with Crippen molar-refractivity contribution in [1.82, 2.24) is 19.5 Å². The normalized spacial score (nSPS) is 10.7. The van der Waals surface area contributed by atoms with Gasteiger partial charge >= 0.3 is 0 Å². The lowest BCUT2D eigenvalue weighted by molar-refractivity contribution is -0.116. The molecule has 3 rings (SSSR count). The van der Waals surface area contributed by atoms with Crippen molar-refractivity contribution in [2.24, 2.45) is 0 Å². The molecule has 146 valence electrons. The highest BCUT2D eigenvalue weighted by atomic mass is 32.2. The Kier molecular flexibility index (Phi) is 6.09. The first-order valence-electron chi connectivity index (χ1n) is 8.42. The first-order chi connectivity index (χ1) is 13.5. The zero-order valence-corrected chi connectivity index (χ0v) is 16.4. The highest BCUT2D eigenvalue weighted by Gasteiger charge is 2.13. The van der Waals surface area contributed by atoms with Gasteiger partial charge in [-0.1, -0.05) is 18.7 Å². The lowest BCUT2D eigenvalue weighted by Gasteiger charge is -2.12. The molecular weight excluding hydrogens is 382 g/mol. The minimum atomic E-state index is -0.408. The van der Waals surface area contributed by atoms with Gasteiger partial charge in [-0.05, 0) is 17.9 Å². The summed E-state index contributed by atoms with van der Waals surface area (Å²) in [4.78, 5) is 37.7. The fourth-order valence-corrected chi connectivity index (χ4v) is 3.04. The molecule has 0 unspecified atom stereocenters. The number of nitrogens with one attached hydrogen (secondary N) is 1. The fraction of sp³-hybridized carbons (Fsp3) is 0.278. The van der Waals surface area contributed by atoms with Gasteiger partial charge in [-0.25, -0.2) is 15.0 Å².